The number of rotatable bonds is 5. The molecule has 3 nitrogen and oxygen atoms in total. The van der Waals surface area contributed by atoms with Gasteiger partial charge in [-0.2, -0.15) is 0 Å². The van der Waals surface area contributed by atoms with E-state index in [0.717, 1.165) is 36.0 Å². The smallest absolute Gasteiger partial charge is 0.124 e. The molecule has 20 heavy (non-hydrogen) atoms. The summed E-state index contributed by atoms with van der Waals surface area (Å²) in [6.45, 7) is 7.47. The van der Waals surface area contributed by atoms with E-state index in [4.69, 9.17) is 16.3 Å². The average Bonchev–Trinajstić information content (AvgIpc) is 2.41. The number of ether oxygens (including phenoxy) is 1. The number of methoxy groups -OCH3 is 1. The van der Waals surface area contributed by atoms with Crippen LogP contribution in [0.2, 0.25) is 5.02 Å². The molecule has 0 radical (unpaired) electrons. The fraction of sp³-hybridized carbons (Fsp3) is 0.625. The van der Waals surface area contributed by atoms with Crippen LogP contribution >= 0.6 is 11.6 Å². The standard InChI is InChI=1S/C16H25ClN2O/c1-12(2)18-13-6-5-9-19(10-13)11-14-15(17)7-4-8-16(14)20-3/h4,7-8,12-13,18H,5-6,9-11H2,1-3H3. The molecule has 1 aromatic carbocycles. The zero-order valence-corrected chi connectivity index (χ0v) is 13.4. The Morgan fingerprint density at radius 1 is 1.45 bits per heavy atom. The van der Waals surface area contributed by atoms with E-state index in [1.807, 2.05) is 18.2 Å². The molecule has 0 amide bonds. The van der Waals surface area contributed by atoms with Crippen LogP contribution in [0.4, 0.5) is 0 Å². The first-order chi connectivity index (χ1) is 9.60. The molecule has 0 saturated carbocycles. The minimum absolute atomic E-state index is 0.537. The van der Waals surface area contributed by atoms with Crippen LogP contribution in [-0.2, 0) is 6.54 Å². The van der Waals surface area contributed by atoms with E-state index in [-0.39, 0.29) is 0 Å². The summed E-state index contributed by atoms with van der Waals surface area (Å²) < 4.78 is 5.43. The Morgan fingerprint density at radius 2 is 2.25 bits per heavy atom. The molecule has 1 atom stereocenters. The lowest BCUT2D eigenvalue weighted by Gasteiger charge is -2.34. The van der Waals surface area contributed by atoms with Crippen molar-refractivity contribution in [2.75, 3.05) is 20.2 Å². The summed E-state index contributed by atoms with van der Waals surface area (Å²) in [5, 5.41) is 4.43. The van der Waals surface area contributed by atoms with Crippen molar-refractivity contribution in [2.45, 2.75) is 45.3 Å². The molecule has 1 saturated heterocycles. The van der Waals surface area contributed by atoms with Gasteiger partial charge < -0.3 is 10.1 Å². The Kier molecular flexibility index (Phi) is 5.70. The van der Waals surface area contributed by atoms with Gasteiger partial charge in [-0.15, -0.1) is 0 Å². The van der Waals surface area contributed by atoms with Gasteiger partial charge in [-0.3, -0.25) is 4.90 Å². The minimum Gasteiger partial charge on any atom is -0.496 e. The lowest BCUT2D eigenvalue weighted by atomic mass is 10.0. The van der Waals surface area contributed by atoms with E-state index >= 15 is 0 Å². The number of halogens is 1. The Labute approximate surface area is 127 Å². The van der Waals surface area contributed by atoms with Crippen molar-refractivity contribution < 1.29 is 4.74 Å². The first kappa shape index (κ1) is 15.6. The van der Waals surface area contributed by atoms with E-state index in [9.17, 15) is 0 Å². The summed E-state index contributed by atoms with van der Waals surface area (Å²) in [6, 6.07) is 6.97. The molecule has 2 rings (SSSR count). The number of hydrogen-bond donors (Lipinski definition) is 1. The molecule has 4 heteroatoms. The maximum absolute atomic E-state index is 6.33. The Hall–Kier alpha value is -0.770. The second-order valence-electron chi connectivity index (χ2n) is 5.82. The summed E-state index contributed by atoms with van der Waals surface area (Å²) in [6.07, 6.45) is 2.49. The second kappa shape index (κ2) is 7.30. The monoisotopic (exact) mass is 296 g/mol. The van der Waals surface area contributed by atoms with Crippen LogP contribution in [0.3, 0.4) is 0 Å². The van der Waals surface area contributed by atoms with Gasteiger partial charge >= 0.3 is 0 Å². The van der Waals surface area contributed by atoms with Gasteiger partial charge in [0, 0.05) is 35.8 Å². The molecule has 1 fully saturated rings. The molecular weight excluding hydrogens is 272 g/mol. The summed E-state index contributed by atoms with van der Waals surface area (Å²) in [4.78, 5) is 2.47. The minimum atomic E-state index is 0.537. The molecule has 1 aliphatic rings. The fourth-order valence-electron chi connectivity index (χ4n) is 2.91. The van der Waals surface area contributed by atoms with Crippen LogP contribution in [0.5, 0.6) is 5.75 Å². The normalized spacial score (nSPS) is 20.4. The highest BCUT2D eigenvalue weighted by Gasteiger charge is 2.21. The third-order valence-corrected chi connectivity index (χ3v) is 4.11. The van der Waals surface area contributed by atoms with Crippen LogP contribution in [0.25, 0.3) is 0 Å². The quantitative estimate of drug-likeness (QED) is 0.902. The van der Waals surface area contributed by atoms with Crippen molar-refractivity contribution in [1.29, 1.82) is 0 Å². The highest BCUT2D eigenvalue weighted by molar-refractivity contribution is 6.31. The van der Waals surface area contributed by atoms with E-state index in [2.05, 4.69) is 24.1 Å². The number of benzene rings is 1. The molecular formula is C16H25ClN2O. The molecule has 1 aliphatic heterocycles. The average molecular weight is 297 g/mol. The zero-order valence-electron chi connectivity index (χ0n) is 12.7. The van der Waals surface area contributed by atoms with Gasteiger partial charge in [0.1, 0.15) is 5.75 Å². The summed E-state index contributed by atoms with van der Waals surface area (Å²) in [5.41, 5.74) is 1.10. The summed E-state index contributed by atoms with van der Waals surface area (Å²) in [7, 11) is 1.70. The van der Waals surface area contributed by atoms with E-state index in [0.29, 0.717) is 12.1 Å². The lowest BCUT2D eigenvalue weighted by molar-refractivity contribution is 0.177. The summed E-state index contributed by atoms with van der Waals surface area (Å²) in [5.74, 6) is 0.886. The van der Waals surface area contributed by atoms with Gasteiger partial charge in [-0.1, -0.05) is 31.5 Å². The largest absolute Gasteiger partial charge is 0.496 e. The van der Waals surface area contributed by atoms with Crippen LogP contribution in [0, 0.1) is 0 Å². The van der Waals surface area contributed by atoms with Gasteiger partial charge in [-0.05, 0) is 31.5 Å². The molecule has 1 heterocycles. The molecule has 0 aliphatic carbocycles. The summed E-state index contributed by atoms with van der Waals surface area (Å²) >= 11 is 6.33. The third-order valence-electron chi connectivity index (χ3n) is 3.75. The van der Waals surface area contributed by atoms with Gasteiger partial charge in [0.25, 0.3) is 0 Å². The van der Waals surface area contributed by atoms with Gasteiger partial charge in [0.2, 0.25) is 0 Å². The zero-order chi connectivity index (χ0) is 14.5. The van der Waals surface area contributed by atoms with Crippen LogP contribution < -0.4 is 10.1 Å². The SMILES string of the molecule is COc1cccc(Cl)c1CN1CCCC(NC(C)C)C1. The number of nitrogens with zero attached hydrogens (tertiary/aromatic N) is 1. The Bertz CT molecular complexity index is 436. The number of hydrogen-bond acceptors (Lipinski definition) is 3. The van der Waals surface area contributed by atoms with Crippen molar-refractivity contribution in [2.24, 2.45) is 0 Å². The van der Waals surface area contributed by atoms with Crippen LogP contribution in [0.15, 0.2) is 18.2 Å². The van der Waals surface area contributed by atoms with Crippen molar-refractivity contribution in [3.63, 3.8) is 0 Å². The van der Waals surface area contributed by atoms with E-state index in [1.54, 1.807) is 7.11 Å². The molecule has 1 unspecified atom stereocenters. The lowest BCUT2D eigenvalue weighted by Crippen LogP contribution is -2.47. The Morgan fingerprint density at radius 3 is 2.95 bits per heavy atom. The van der Waals surface area contributed by atoms with Crippen molar-refractivity contribution in [3.8, 4) is 5.75 Å². The number of likely N-dealkylation sites (tertiary alicyclic amines) is 1. The number of piperidine rings is 1. The highest BCUT2D eigenvalue weighted by Crippen LogP contribution is 2.28. The molecule has 0 spiro atoms. The fourth-order valence-corrected chi connectivity index (χ4v) is 3.14. The van der Waals surface area contributed by atoms with Gasteiger partial charge in [0.05, 0.1) is 7.11 Å². The molecule has 1 N–H and O–H groups in total. The molecule has 1 aromatic rings. The predicted molar refractivity (Wildman–Crippen MR) is 84.6 cm³/mol. The second-order valence-corrected chi connectivity index (χ2v) is 6.22. The number of nitrogens with one attached hydrogen (secondary N) is 1. The molecule has 0 aromatic heterocycles. The highest BCUT2D eigenvalue weighted by atomic mass is 35.5. The van der Waals surface area contributed by atoms with Crippen molar-refractivity contribution in [1.82, 2.24) is 10.2 Å². The molecule has 0 bridgehead atoms. The van der Waals surface area contributed by atoms with Crippen LogP contribution in [-0.4, -0.2) is 37.2 Å². The maximum atomic E-state index is 6.33. The first-order valence-electron chi connectivity index (χ1n) is 7.40. The topological polar surface area (TPSA) is 24.5 Å². The first-order valence-corrected chi connectivity index (χ1v) is 7.77. The Balaban J connectivity index is 2.02. The molecule has 112 valence electrons. The van der Waals surface area contributed by atoms with Gasteiger partial charge in [0.15, 0.2) is 0 Å². The van der Waals surface area contributed by atoms with Crippen molar-refractivity contribution >= 4 is 11.6 Å². The van der Waals surface area contributed by atoms with E-state index < -0.39 is 0 Å². The van der Waals surface area contributed by atoms with Crippen molar-refractivity contribution in [3.05, 3.63) is 28.8 Å². The van der Waals surface area contributed by atoms with E-state index in [1.165, 1.54) is 12.8 Å². The van der Waals surface area contributed by atoms with Gasteiger partial charge in [-0.25, -0.2) is 0 Å². The maximum Gasteiger partial charge on any atom is 0.124 e. The predicted octanol–water partition coefficient (Wildman–Crippen LogP) is 3.31. The van der Waals surface area contributed by atoms with Crippen LogP contribution in [0.1, 0.15) is 32.3 Å². The third kappa shape index (κ3) is 4.11.